The molecule has 141 heavy (non-hydrogen) atoms. The predicted octanol–water partition coefficient (Wildman–Crippen LogP) is 19.1. The van der Waals surface area contributed by atoms with E-state index in [-0.39, 0.29) is 61.7 Å². The molecule has 7 aliphatic rings. The van der Waals surface area contributed by atoms with E-state index in [1.54, 1.807) is 11.4 Å². The molecule has 3 N–H and O–H groups in total. The minimum Gasteiger partial charge on any atom is -0.497 e. The van der Waals surface area contributed by atoms with Crippen LogP contribution in [0.3, 0.4) is 0 Å². The number of ether oxygens (including phenoxy) is 1. The van der Waals surface area contributed by atoms with Crippen LogP contribution in [-0.4, -0.2) is 303 Å². The van der Waals surface area contributed by atoms with Gasteiger partial charge in [0.25, 0.3) is 0 Å². The number of aliphatic carboxylic acids is 1. The zero-order valence-corrected chi connectivity index (χ0v) is 94.3. The van der Waals surface area contributed by atoms with E-state index in [2.05, 4.69) is 391 Å². The first-order chi connectivity index (χ1) is 65.8. The summed E-state index contributed by atoms with van der Waals surface area (Å²) in [6.07, 6.45) is 5.64. The number of sulfone groups is 1. The van der Waals surface area contributed by atoms with Crippen molar-refractivity contribution in [3.8, 4) is 5.75 Å². The fraction of sp³-hybridized carbons (Fsp3) is 0.627. The summed E-state index contributed by atoms with van der Waals surface area (Å²) in [6, 6.07) is 60.5. The topological polar surface area (TPSA) is 197 Å². The van der Waals surface area contributed by atoms with Crippen LogP contribution in [-0.2, 0) is 100.0 Å². The van der Waals surface area contributed by atoms with E-state index in [1.807, 2.05) is 0 Å². The molecule has 7 heterocycles. The number of methoxy groups -OCH3 is 1. The molecule has 2 unspecified atom stereocenters. The average molecular weight is 1980 g/mol. The monoisotopic (exact) mass is 1980 g/mol. The Labute approximate surface area is 857 Å². The Morgan fingerprint density at radius 3 is 1.16 bits per heavy atom. The molecule has 0 aliphatic carbocycles. The molecule has 786 valence electrons. The van der Waals surface area contributed by atoms with Gasteiger partial charge in [0.15, 0.2) is 9.84 Å². The third-order valence-electron chi connectivity index (χ3n) is 28.8. The Hall–Kier alpha value is -7.46. The Bertz CT molecular complexity index is 5040. The lowest BCUT2D eigenvalue weighted by Crippen LogP contribution is -2.46. The van der Waals surface area contributed by atoms with E-state index in [0.29, 0.717) is 44.6 Å². The van der Waals surface area contributed by atoms with Gasteiger partial charge in [0.2, 0.25) is 15.9 Å². The number of sulfonamides is 1. The Morgan fingerprint density at radius 1 is 0.397 bits per heavy atom. The van der Waals surface area contributed by atoms with Crippen LogP contribution < -0.4 is 15.4 Å². The minimum absolute atomic E-state index is 0.123. The molecule has 0 spiro atoms. The lowest BCUT2D eigenvalue weighted by molar-refractivity contribution is -0.137. The molecule has 7 aromatic carbocycles. The summed E-state index contributed by atoms with van der Waals surface area (Å²) >= 11 is 0. The fourth-order valence-corrected chi connectivity index (χ4v) is 20.7. The number of anilines is 1. The number of amides is 1. The van der Waals surface area contributed by atoms with Gasteiger partial charge in [0, 0.05) is 208 Å². The molecule has 14 rings (SSSR count). The largest absolute Gasteiger partial charge is 0.497 e. The Morgan fingerprint density at radius 2 is 0.752 bits per heavy atom. The van der Waals surface area contributed by atoms with Crippen LogP contribution in [0.5, 0.6) is 5.75 Å². The van der Waals surface area contributed by atoms with Gasteiger partial charge >= 0.3 is 5.97 Å². The van der Waals surface area contributed by atoms with Gasteiger partial charge in [0.05, 0.1) is 24.9 Å². The number of piperazine rings is 5. The SMILES string of the molecule is CC(C)(C)c1cccc(CC2CCN(S(C)(=O)=O)C2)c1.CC(C)(C)c1cccc(CN2CCN(CCCC(=O)O)CC2)c1.CC(C)(C)c1cccc(CN2CCN(CCCC(N)=O)CC2)c1.CC(C)(C)c1cccc(N2CCS(=O)(=O)CC2)c1.CC(c1cccc(C(C)(C)C)c1)N1CCN(C)CC1.CN1CCN(Cc2ccc(C(C)(C)C)cc2)CC1.COc1cc(CN2CCN(C)CC2)cc(C(C)(C)C)c1. The maximum atomic E-state index is 11.5. The van der Waals surface area contributed by atoms with Crippen LogP contribution in [0, 0.1) is 5.92 Å². The molecule has 0 aromatic heterocycles. The van der Waals surface area contributed by atoms with Crippen molar-refractivity contribution in [3.63, 3.8) is 0 Å². The lowest BCUT2D eigenvalue weighted by atomic mass is 9.85. The highest BCUT2D eigenvalue weighted by Gasteiger charge is 2.32. The van der Waals surface area contributed by atoms with Crippen LogP contribution >= 0.6 is 0 Å². The van der Waals surface area contributed by atoms with Crippen molar-refractivity contribution in [2.24, 2.45) is 11.7 Å². The summed E-state index contributed by atoms with van der Waals surface area (Å²) in [5, 5.41) is 8.70. The van der Waals surface area contributed by atoms with Gasteiger partial charge in [0.1, 0.15) is 5.75 Å². The van der Waals surface area contributed by atoms with Crippen molar-refractivity contribution in [3.05, 3.63) is 236 Å². The number of benzene rings is 7. The highest BCUT2D eigenvalue weighted by atomic mass is 32.2. The molecule has 7 saturated heterocycles. The molecule has 1 amide bonds. The molecule has 23 heteroatoms. The van der Waals surface area contributed by atoms with E-state index in [4.69, 9.17) is 15.6 Å². The third-order valence-corrected chi connectivity index (χ3v) is 31.6. The van der Waals surface area contributed by atoms with Gasteiger partial charge in [-0.15, -0.1) is 0 Å². The number of hydrogen-bond donors (Lipinski definition) is 2. The van der Waals surface area contributed by atoms with Crippen molar-refractivity contribution >= 4 is 37.4 Å². The molecule has 2 atom stereocenters. The maximum Gasteiger partial charge on any atom is 0.303 e. The third kappa shape index (κ3) is 42.9. The van der Waals surface area contributed by atoms with Crippen LogP contribution in [0.4, 0.5) is 5.69 Å². The molecule has 7 fully saturated rings. The molecule has 0 radical (unpaired) electrons. The van der Waals surface area contributed by atoms with Crippen LogP contribution in [0.1, 0.15) is 263 Å². The quantitative estimate of drug-likeness (QED) is 0.0613. The first kappa shape index (κ1) is 119. The number of nitrogens with zero attached hydrogens (tertiary/aromatic N) is 12. The summed E-state index contributed by atoms with van der Waals surface area (Å²) < 4.78 is 53.0. The fourth-order valence-electron chi connectivity index (χ4n) is 18.6. The zero-order valence-electron chi connectivity index (χ0n) is 92.7. The summed E-state index contributed by atoms with van der Waals surface area (Å²) in [5.41, 5.74) is 25.6. The number of carboxylic acid groups (broad SMARTS) is 1. The predicted molar refractivity (Wildman–Crippen MR) is 593 cm³/mol. The number of primary amides is 1. The van der Waals surface area contributed by atoms with E-state index >= 15 is 0 Å². The van der Waals surface area contributed by atoms with E-state index in [0.717, 1.165) is 155 Å². The lowest BCUT2D eigenvalue weighted by Gasteiger charge is -2.37. The van der Waals surface area contributed by atoms with Crippen LogP contribution in [0.2, 0.25) is 0 Å². The van der Waals surface area contributed by atoms with Crippen molar-refractivity contribution in [2.75, 3.05) is 221 Å². The number of hydrogen-bond acceptors (Lipinski definition) is 18. The summed E-state index contributed by atoms with van der Waals surface area (Å²) in [4.78, 5) is 48.2. The van der Waals surface area contributed by atoms with Crippen LogP contribution in [0.15, 0.2) is 164 Å². The molecule has 0 saturated carbocycles. The highest BCUT2D eigenvalue weighted by Crippen LogP contribution is 2.35. The number of rotatable bonds is 23. The smallest absolute Gasteiger partial charge is 0.303 e. The highest BCUT2D eigenvalue weighted by molar-refractivity contribution is 7.91. The molecular weight excluding hydrogens is 1790 g/mol. The Kier molecular flexibility index (Phi) is 45.7. The molecule has 7 aliphatic heterocycles. The second kappa shape index (κ2) is 54.3. The molecule has 0 bridgehead atoms. The molecule has 21 nitrogen and oxygen atoms in total. The maximum absolute atomic E-state index is 11.5. The van der Waals surface area contributed by atoms with E-state index in [9.17, 15) is 26.4 Å². The average Bonchev–Trinajstić information content (AvgIpc) is 1.04. The number of carbonyl (C=O) groups excluding carboxylic acids is 1. The summed E-state index contributed by atoms with van der Waals surface area (Å²) in [7, 11) is 2.53. The number of likely N-dealkylation sites (N-methyl/N-ethyl adjacent to an activating group) is 3. The number of carbonyl (C=O) groups is 2. The number of carboxylic acids is 1. The summed E-state index contributed by atoms with van der Waals surface area (Å²) in [6.45, 7) is 80.8. The van der Waals surface area contributed by atoms with E-state index in [1.165, 1.54) is 131 Å². The second-order valence-corrected chi connectivity index (χ2v) is 52.7. The molecular formula is C118H189N13O8S2. The summed E-state index contributed by atoms with van der Waals surface area (Å²) in [5.74, 6) is 1.07. The van der Waals surface area contributed by atoms with Gasteiger partial charge in [-0.25, -0.2) is 21.1 Å². The standard InChI is InChI=1S/C19H31N3O.C19H30N2O2.C17H28N2O.C17H28N2.C16H26N2.C16H25NO2S.C14H21NO2S/c1-19(2,3)17-7-4-6-16(14-17)15-22-12-10-21(11-13-22)9-5-8-18(20)23;1-19(2,3)17-7-4-6-16(14-17)15-21-12-10-20(11-13-21)9-5-8-18(22)23;1-17(2,3)15-10-14(11-16(12-15)20-5)13-19-8-6-18(4)7-9-19;1-14(19-11-9-18(5)10-12-19)15-7-6-8-16(13-15)17(2,3)4;1-16(2,3)15-7-5-14(6-8-15)13-18-11-9-17(4)10-12-18;1-16(2,3)15-7-5-6-13(11-15)10-14-8-9-17(12-14)20(4,18)19;1-14(2,3)12-5-4-6-13(11-12)15-7-9-18(16,17)10-8-15/h4,6-7,14H,5,8-13,15H2,1-3H3,(H2,20,23);4,6-7,14H,5,8-13,15H2,1-3H3,(H,22,23);10-12H,6-9,13H2,1-5H3;6-8,13-14H,9-12H2,1-5H3;5-8H,9-13H2,1-4H3;5-7,11,14H,8-10,12H2,1-4H3;4-6,11H,7-10H2,1-3H3. The van der Waals surface area contributed by atoms with E-state index < -0.39 is 25.8 Å². The minimum atomic E-state index is -3.03. The first-order valence-electron chi connectivity index (χ1n) is 52.7. The van der Waals surface area contributed by atoms with Crippen LogP contribution in [0.25, 0.3) is 0 Å². The van der Waals surface area contributed by atoms with Crippen molar-refractivity contribution in [1.29, 1.82) is 0 Å². The van der Waals surface area contributed by atoms with Crippen molar-refractivity contribution in [2.45, 2.75) is 261 Å². The second-order valence-electron chi connectivity index (χ2n) is 48.4. The van der Waals surface area contributed by atoms with Gasteiger partial charge < -0.3 is 45.0 Å². The normalized spacial score (nSPS) is 19.0. The first-order valence-corrected chi connectivity index (χ1v) is 56.3. The van der Waals surface area contributed by atoms with Gasteiger partial charge in [-0.3, -0.25) is 34.1 Å². The van der Waals surface area contributed by atoms with Gasteiger partial charge in [-0.1, -0.05) is 285 Å². The number of nitrogens with two attached hydrogens (primary N) is 1. The van der Waals surface area contributed by atoms with Crippen molar-refractivity contribution in [1.82, 2.24) is 53.3 Å². The van der Waals surface area contributed by atoms with Gasteiger partial charge in [-0.05, 0) is 207 Å². The van der Waals surface area contributed by atoms with Gasteiger partial charge in [-0.2, -0.15) is 0 Å². The molecule has 7 aromatic rings. The Balaban J connectivity index is 0.000000202. The van der Waals surface area contributed by atoms with Crippen molar-refractivity contribution < 1.29 is 36.3 Å². The zero-order chi connectivity index (χ0) is 104.